The smallest absolute Gasteiger partial charge is 0.326 e. The topological polar surface area (TPSA) is 165 Å². The van der Waals surface area contributed by atoms with E-state index >= 15 is 0 Å². The number of nitrogens with one attached hydrogen (secondary N) is 2. The van der Waals surface area contributed by atoms with Crippen molar-refractivity contribution in [1.82, 2.24) is 5.32 Å². The Balaban J connectivity index is 2.53. The van der Waals surface area contributed by atoms with E-state index in [4.69, 9.17) is 0 Å². The Morgan fingerprint density at radius 1 is 1.00 bits per heavy atom. The molecule has 152 valence electrons. The van der Waals surface area contributed by atoms with Crippen LogP contribution >= 0.6 is 0 Å². The molecule has 0 aliphatic rings. The molecule has 0 fully saturated rings. The maximum Gasteiger partial charge on any atom is 0.326 e. The Morgan fingerprint density at radius 3 is 1.93 bits per heavy atom. The molecular formula is C18H18N4O7. The average molecular weight is 402 g/mol. The highest BCUT2D eigenvalue weighted by Crippen LogP contribution is 2.37. The fourth-order valence-corrected chi connectivity index (χ4v) is 2.56. The molecule has 2 aromatic carbocycles. The van der Waals surface area contributed by atoms with E-state index in [9.17, 15) is 34.9 Å². The first kappa shape index (κ1) is 21.3. The number of hydrogen-bond acceptors (Lipinski definition) is 7. The van der Waals surface area contributed by atoms with Gasteiger partial charge in [0.1, 0.15) is 6.04 Å². The molecule has 11 heteroatoms. The van der Waals surface area contributed by atoms with Crippen LogP contribution in [0.25, 0.3) is 0 Å². The number of carbonyl (C=O) groups is 2. The van der Waals surface area contributed by atoms with E-state index in [1.54, 1.807) is 44.2 Å². The molecule has 0 saturated carbocycles. The lowest BCUT2D eigenvalue weighted by molar-refractivity contribution is -0.392. The van der Waals surface area contributed by atoms with Gasteiger partial charge in [-0.25, -0.2) is 4.79 Å². The molecule has 1 amide bonds. The number of rotatable bonds is 8. The zero-order valence-corrected chi connectivity index (χ0v) is 15.5. The van der Waals surface area contributed by atoms with Crippen LogP contribution in [0.4, 0.5) is 22.7 Å². The summed E-state index contributed by atoms with van der Waals surface area (Å²) in [5, 5.41) is 37.1. The zero-order chi connectivity index (χ0) is 21.7. The number of benzene rings is 2. The second-order valence-electron chi connectivity index (χ2n) is 6.43. The molecule has 3 N–H and O–H groups in total. The number of aliphatic carboxylic acids is 1. The van der Waals surface area contributed by atoms with Crippen molar-refractivity contribution in [1.29, 1.82) is 0 Å². The van der Waals surface area contributed by atoms with Gasteiger partial charge in [0.05, 0.1) is 15.4 Å². The number of amides is 1. The molecule has 1 unspecified atom stereocenters. The van der Waals surface area contributed by atoms with Crippen LogP contribution in [0.3, 0.4) is 0 Å². The molecule has 0 aromatic heterocycles. The maximum absolute atomic E-state index is 12.4. The van der Waals surface area contributed by atoms with Crippen LogP contribution in [0.5, 0.6) is 0 Å². The van der Waals surface area contributed by atoms with Crippen LogP contribution in [-0.4, -0.2) is 32.9 Å². The minimum atomic E-state index is -1.29. The molecule has 11 nitrogen and oxygen atoms in total. The Kier molecular flexibility index (Phi) is 6.44. The van der Waals surface area contributed by atoms with Gasteiger partial charge in [0, 0.05) is 17.8 Å². The van der Waals surface area contributed by atoms with Crippen LogP contribution in [0.15, 0.2) is 42.5 Å². The van der Waals surface area contributed by atoms with Gasteiger partial charge in [0.2, 0.25) is 0 Å². The van der Waals surface area contributed by atoms with E-state index in [2.05, 4.69) is 10.6 Å². The molecule has 0 bridgehead atoms. The number of hydrogen-bond donors (Lipinski definition) is 3. The Hall–Kier alpha value is -4.02. The van der Waals surface area contributed by atoms with Crippen molar-refractivity contribution in [3.05, 3.63) is 68.3 Å². The summed E-state index contributed by atoms with van der Waals surface area (Å²) >= 11 is 0. The predicted octanol–water partition coefficient (Wildman–Crippen LogP) is 3.09. The number of anilines is 2. The van der Waals surface area contributed by atoms with Gasteiger partial charge in [-0.2, -0.15) is 0 Å². The number of nitrogens with zero attached hydrogens (tertiary/aromatic N) is 2. The summed E-state index contributed by atoms with van der Waals surface area (Å²) in [6.45, 7) is 3.13. The normalized spacial score (nSPS) is 11.6. The van der Waals surface area contributed by atoms with Crippen molar-refractivity contribution < 1.29 is 24.5 Å². The van der Waals surface area contributed by atoms with Crippen molar-refractivity contribution in [3.63, 3.8) is 0 Å². The minimum Gasteiger partial charge on any atom is -0.480 e. The standard InChI is InChI=1S/C18H18N4O7/c1-10(2)15(18(24)25)20-17(23)11-8-13(21(26)27)16(14(9-11)22(28)29)19-12-6-4-3-5-7-12/h3-10,15,19H,1-2H3,(H,20,23)(H,24,25). The van der Waals surface area contributed by atoms with Crippen molar-refractivity contribution >= 4 is 34.6 Å². The molecule has 2 rings (SSSR count). The monoisotopic (exact) mass is 402 g/mol. The first-order chi connectivity index (χ1) is 13.6. The highest BCUT2D eigenvalue weighted by Gasteiger charge is 2.30. The van der Waals surface area contributed by atoms with Crippen molar-refractivity contribution in [2.45, 2.75) is 19.9 Å². The maximum atomic E-state index is 12.4. The molecule has 0 radical (unpaired) electrons. The highest BCUT2D eigenvalue weighted by molar-refractivity contribution is 5.99. The second-order valence-corrected chi connectivity index (χ2v) is 6.43. The van der Waals surface area contributed by atoms with Gasteiger partial charge in [-0.05, 0) is 18.1 Å². The third-order valence-corrected chi connectivity index (χ3v) is 4.01. The highest BCUT2D eigenvalue weighted by atomic mass is 16.6. The van der Waals surface area contributed by atoms with Crippen LogP contribution in [-0.2, 0) is 4.79 Å². The summed E-state index contributed by atoms with van der Waals surface area (Å²) in [5.74, 6) is -2.73. The lowest BCUT2D eigenvalue weighted by atomic mass is 10.0. The average Bonchev–Trinajstić information content (AvgIpc) is 2.65. The number of carbonyl (C=O) groups excluding carboxylic acids is 1. The molecule has 2 aromatic rings. The first-order valence-corrected chi connectivity index (χ1v) is 8.44. The van der Waals surface area contributed by atoms with Gasteiger partial charge < -0.3 is 15.7 Å². The third-order valence-electron chi connectivity index (χ3n) is 4.01. The Morgan fingerprint density at radius 2 is 1.52 bits per heavy atom. The third kappa shape index (κ3) is 5.03. The summed E-state index contributed by atoms with van der Waals surface area (Å²) in [6, 6.07) is 8.58. The number of nitro groups is 2. The van der Waals surface area contributed by atoms with E-state index in [0.717, 1.165) is 12.1 Å². The van der Waals surface area contributed by atoms with Gasteiger partial charge in [-0.15, -0.1) is 0 Å². The number of carboxylic acids is 1. The Bertz CT molecular complexity index is 925. The quantitative estimate of drug-likeness (QED) is 0.447. The molecule has 1 atom stereocenters. The molecule has 0 saturated heterocycles. The fourth-order valence-electron chi connectivity index (χ4n) is 2.56. The van der Waals surface area contributed by atoms with Crippen molar-refractivity contribution in [2.75, 3.05) is 5.32 Å². The van der Waals surface area contributed by atoms with E-state index in [1.165, 1.54) is 0 Å². The molecular weight excluding hydrogens is 384 g/mol. The van der Waals surface area contributed by atoms with Crippen LogP contribution in [0, 0.1) is 26.1 Å². The van der Waals surface area contributed by atoms with E-state index in [-0.39, 0.29) is 5.69 Å². The van der Waals surface area contributed by atoms with Crippen LogP contribution < -0.4 is 10.6 Å². The SMILES string of the molecule is CC(C)C(NC(=O)c1cc([N+](=O)[O-])c(Nc2ccccc2)c([N+](=O)[O-])c1)C(=O)O. The second kappa shape index (κ2) is 8.78. The summed E-state index contributed by atoms with van der Waals surface area (Å²) in [5.41, 5.74) is -1.79. The minimum absolute atomic E-state index is 0.377. The summed E-state index contributed by atoms with van der Waals surface area (Å²) in [4.78, 5) is 45.0. The van der Waals surface area contributed by atoms with Crippen molar-refractivity contribution in [2.24, 2.45) is 5.92 Å². The summed E-state index contributed by atoms with van der Waals surface area (Å²) in [6.07, 6.45) is 0. The van der Waals surface area contributed by atoms with E-state index in [0.29, 0.717) is 5.69 Å². The molecule has 29 heavy (non-hydrogen) atoms. The van der Waals surface area contributed by atoms with Gasteiger partial charge in [-0.1, -0.05) is 32.0 Å². The van der Waals surface area contributed by atoms with Crippen LogP contribution in [0.2, 0.25) is 0 Å². The lowest BCUT2D eigenvalue weighted by Crippen LogP contribution is -2.44. The lowest BCUT2D eigenvalue weighted by Gasteiger charge is -2.18. The molecule has 0 spiro atoms. The summed E-state index contributed by atoms with van der Waals surface area (Å²) < 4.78 is 0. The summed E-state index contributed by atoms with van der Waals surface area (Å²) in [7, 11) is 0. The van der Waals surface area contributed by atoms with Crippen molar-refractivity contribution in [3.8, 4) is 0 Å². The first-order valence-electron chi connectivity index (χ1n) is 8.44. The number of para-hydroxylation sites is 1. The van der Waals surface area contributed by atoms with Gasteiger partial charge in [-0.3, -0.25) is 25.0 Å². The molecule has 0 heterocycles. The van der Waals surface area contributed by atoms with Crippen LogP contribution in [0.1, 0.15) is 24.2 Å². The molecule has 0 aliphatic carbocycles. The predicted molar refractivity (Wildman–Crippen MR) is 103 cm³/mol. The van der Waals surface area contributed by atoms with E-state index in [1.807, 2.05) is 0 Å². The van der Waals surface area contributed by atoms with Gasteiger partial charge >= 0.3 is 17.3 Å². The number of carboxylic acid groups (broad SMARTS) is 1. The largest absolute Gasteiger partial charge is 0.480 e. The van der Waals surface area contributed by atoms with Gasteiger partial charge in [0.25, 0.3) is 5.91 Å². The zero-order valence-electron chi connectivity index (χ0n) is 15.5. The molecule has 0 aliphatic heterocycles. The fraction of sp³-hybridized carbons (Fsp3) is 0.222. The number of nitro benzene ring substituents is 2. The Labute approximate surface area is 164 Å². The van der Waals surface area contributed by atoms with E-state index < -0.39 is 50.6 Å². The van der Waals surface area contributed by atoms with Gasteiger partial charge in [0.15, 0.2) is 5.69 Å².